The lowest BCUT2D eigenvalue weighted by Gasteiger charge is -2.07. The van der Waals surface area contributed by atoms with E-state index in [4.69, 9.17) is 21.1 Å². The maximum atomic E-state index is 12.0. The molecule has 0 atom stereocenters. The van der Waals surface area contributed by atoms with E-state index in [1.165, 1.54) is 13.3 Å². The average molecular weight is 376 g/mol. The molecule has 0 saturated carbocycles. The van der Waals surface area contributed by atoms with E-state index >= 15 is 0 Å². The normalized spacial score (nSPS) is 10.4. The van der Waals surface area contributed by atoms with Gasteiger partial charge in [-0.3, -0.25) is 9.59 Å². The fraction of sp³-hybridized carbons (Fsp3) is 0.167. The fourth-order valence-electron chi connectivity index (χ4n) is 2.05. The van der Waals surface area contributed by atoms with Gasteiger partial charge < -0.3 is 14.8 Å². The zero-order valence-electron chi connectivity index (χ0n) is 14.3. The number of hydrazone groups is 1. The summed E-state index contributed by atoms with van der Waals surface area (Å²) >= 11 is 5.93. The second kappa shape index (κ2) is 9.43. The summed E-state index contributed by atoms with van der Waals surface area (Å²) in [7, 11) is 3.08. The van der Waals surface area contributed by atoms with Crippen molar-refractivity contribution >= 4 is 29.6 Å². The highest BCUT2D eigenvalue weighted by molar-refractivity contribution is 6.33. The van der Waals surface area contributed by atoms with Gasteiger partial charge in [0.15, 0.2) is 0 Å². The third-order valence-corrected chi connectivity index (χ3v) is 3.69. The molecule has 0 fully saturated rings. The van der Waals surface area contributed by atoms with E-state index in [0.29, 0.717) is 27.6 Å². The highest BCUT2D eigenvalue weighted by atomic mass is 35.5. The lowest BCUT2D eigenvalue weighted by Crippen LogP contribution is -2.35. The molecule has 136 valence electrons. The number of hydrogen-bond acceptors (Lipinski definition) is 5. The second-order valence-electron chi connectivity index (χ2n) is 5.06. The van der Waals surface area contributed by atoms with Crippen LogP contribution in [0.15, 0.2) is 47.6 Å². The molecule has 0 bridgehead atoms. The molecule has 7 nitrogen and oxygen atoms in total. The van der Waals surface area contributed by atoms with Gasteiger partial charge in [-0.05, 0) is 30.3 Å². The molecular formula is C18H18ClN3O4. The number of benzene rings is 2. The predicted octanol–water partition coefficient (Wildman–Crippen LogP) is 2.24. The summed E-state index contributed by atoms with van der Waals surface area (Å²) in [6, 6.07) is 11.8. The quantitative estimate of drug-likeness (QED) is 0.573. The molecule has 0 saturated heterocycles. The van der Waals surface area contributed by atoms with E-state index in [1.54, 1.807) is 49.6 Å². The number of rotatable bonds is 7. The van der Waals surface area contributed by atoms with Gasteiger partial charge in [-0.25, -0.2) is 5.43 Å². The van der Waals surface area contributed by atoms with Crippen molar-refractivity contribution < 1.29 is 19.1 Å². The van der Waals surface area contributed by atoms with Crippen LogP contribution >= 0.6 is 11.6 Å². The Morgan fingerprint density at radius 3 is 2.62 bits per heavy atom. The third-order valence-electron chi connectivity index (χ3n) is 3.36. The molecule has 26 heavy (non-hydrogen) atoms. The van der Waals surface area contributed by atoms with E-state index < -0.39 is 11.8 Å². The van der Waals surface area contributed by atoms with Crippen molar-refractivity contribution in [3.63, 3.8) is 0 Å². The Bertz CT molecular complexity index is 824. The summed E-state index contributed by atoms with van der Waals surface area (Å²) in [4.78, 5) is 23.8. The molecule has 0 unspecified atom stereocenters. The molecule has 0 aliphatic rings. The summed E-state index contributed by atoms with van der Waals surface area (Å²) in [6.45, 7) is -0.239. The second-order valence-corrected chi connectivity index (χ2v) is 5.47. The topological polar surface area (TPSA) is 89.0 Å². The van der Waals surface area contributed by atoms with Gasteiger partial charge in [-0.1, -0.05) is 23.7 Å². The lowest BCUT2D eigenvalue weighted by molar-refractivity contribution is -0.120. The Kier molecular flexibility index (Phi) is 6.99. The average Bonchev–Trinajstić information content (AvgIpc) is 2.66. The Hall–Kier alpha value is -3.06. The smallest absolute Gasteiger partial charge is 0.259 e. The van der Waals surface area contributed by atoms with E-state index in [0.717, 1.165) is 0 Å². The largest absolute Gasteiger partial charge is 0.497 e. The maximum absolute atomic E-state index is 12.0. The number of amides is 2. The van der Waals surface area contributed by atoms with Crippen molar-refractivity contribution in [2.24, 2.45) is 5.10 Å². The van der Waals surface area contributed by atoms with Crippen molar-refractivity contribution in [2.45, 2.75) is 0 Å². The van der Waals surface area contributed by atoms with Crippen LogP contribution in [0.25, 0.3) is 0 Å². The monoisotopic (exact) mass is 375 g/mol. The van der Waals surface area contributed by atoms with Crippen molar-refractivity contribution in [3.05, 3.63) is 58.6 Å². The lowest BCUT2D eigenvalue weighted by atomic mass is 10.2. The molecule has 0 radical (unpaired) electrons. The number of methoxy groups -OCH3 is 2. The highest BCUT2D eigenvalue weighted by Crippen LogP contribution is 2.22. The highest BCUT2D eigenvalue weighted by Gasteiger charge is 2.10. The summed E-state index contributed by atoms with van der Waals surface area (Å²) in [6.07, 6.45) is 1.43. The number of hydrogen-bond donors (Lipinski definition) is 2. The minimum Gasteiger partial charge on any atom is -0.497 e. The van der Waals surface area contributed by atoms with Gasteiger partial charge in [-0.15, -0.1) is 0 Å². The SMILES string of the molecule is COc1ccc(OC)c(C=NNC(=O)CNC(=O)c2ccccc2Cl)c1. The van der Waals surface area contributed by atoms with Crippen LogP contribution in [0, 0.1) is 0 Å². The van der Waals surface area contributed by atoms with Gasteiger partial charge in [-0.2, -0.15) is 5.10 Å². The maximum Gasteiger partial charge on any atom is 0.259 e. The van der Waals surface area contributed by atoms with Crippen LogP contribution < -0.4 is 20.2 Å². The third kappa shape index (κ3) is 5.22. The summed E-state index contributed by atoms with van der Waals surface area (Å²) in [5.74, 6) is 0.286. The Morgan fingerprint density at radius 1 is 1.15 bits per heavy atom. The van der Waals surface area contributed by atoms with Gasteiger partial charge in [0.05, 0.1) is 37.6 Å². The van der Waals surface area contributed by atoms with Crippen LogP contribution in [0.1, 0.15) is 15.9 Å². The molecule has 8 heteroatoms. The van der Waals surface area contributed by atoms with Gasteiger partial charge in [0.1, 0.15) is 11.5 Å². The molecule has 2 aromatic carbocycles. The van der Waals surface area contributed by atoms with E-state index in [1.807, 2.05) is 0 Å². The van der Waals surface area contributed by atoms with Crippen molar-refractivity contribution in [1.82, 2.24) is 10.7 Å². The molecule has 2 rings (SSSR count). The molecular weight excluding hydrogens is 358 g/mol. The van der Waals surface area contributed by atoms with Gasteiger partial charge in [0.2, 0.25) is 0 Å². The van der Waals surface area contributed by atoms with Crippen LogP contribution in [0.3, 0.4) is 0 Å². The molecule has 0 spiro atoms. The minimum absolute atomic E-state index is 0.239. The van der Waals surface area contributed by atoms with E-state index in [9.17, 15) is 9.59 Å². The first kappa shape index (κ1) is 19.3. The first-order valence-electron chi connectivity index (χ1n) is 7.61. The number of halogens is 1. The number of carbonyl (C=O) groups is 2. The summed E-state index contributed by atoms with van der Waals surface area (Å²) in [5.41, 5.74) is 3.26. The van der Waals surface area contributed by atoms with Gasteiger partial charge in [0, 0.05) is 5.56 Å². The Labute approximate surface area is 155 Å². The van der Waals surface area contributed by atoms with Crippen molar-refractivity contribution in [2.75, 3.05) is 20.8 Å². The summed E-state index contributed by atoms with van der Waals surface area (Å²) < 4.78 is 10.3. The van der Waals surface area contributed by atoms with E-state index in [2.05, 4.69) is 15.8 Å². The molecule has 0 aromatic heterocycles. The molecule has 0 aliphatic carbocycles. The molecule has 2 amide bonds. The first-order valence-corrected chi connectivity index (χ1v) is 7.99. The van der Waals surface area contributed by atoms with Crippen LogP contribution in [-0.4, -0.2) is 38.8 Å². The number of nitrogens with one attached hydrogen (secondary N) is 2. The van der Waals surface area contributed by atoms with Crippen LogP contribution in [0.5, 0.6) is 11.5 Å². The molecule has 0 heterocycles. The first-order chi connectivity index (χ1) is 12.5. The van der Waals surface area contributed by atoms with E-state index in [-0.39, 0.29) is 6.54 Å². The number of ether oxygens (including phenoxy) is 2. The predicted molar refractivity (Wildman–Crippen MR) is 99.1 cm³/mol. The van der Waals surface area contributed by atoms with Crippen LogP contribution in [0.2, 0.25) is 5.02 Å². The van der Waals surface area contributed by atoms with Gasteiger partial charge in [0.25, 0.3) is 11.8 Å². The molecule has 2 aromatic rings. The van der Waals surface area contributed by atoms with Crippen LogP contribution in [0.4, 0.5) is 0 Å². The van der Waals surface area contributed by atoms with Crippen molar-refractivity contribution in [1.29, 1.82) is 0 Å². The number of carbonyl (C=O) groups excluding carboxylic acids is 2. The Morgan fingerprint density at radius 2 is 1.92 bits per heavy atom. The zero-order chi connectivity index (χ0) is 18.9. The standard InChI is InChI=1S/C18H18ClN3O4/c1-25-13-7-8-16(26-2)12(9-13)10-21-22-17(23)11-20-18(24)14-5-3-4-6-15(14)19/h3-10H,11H2,1-2H3,(H,20,24)(H,22,23). The molecule has 2 N–H and O–H groups in total. The Balaban J connectivity index is 1.90. The minimum atomic E-state index is -0.483. The summed E-state index contributed by atoms with van der Waals surface area (Å²) in [5, 5.41) is 6.64. The fourth-order valence-corrected chi connectivity index (χ4v) is 2.28. The molecule has 0 aliphatic heterocycles. The number of nitrogens with zero attached hydrogens (tertiary/aromatic N) is 1. The van der Waals surface area contributed by atoms with Gasteiger partial charge >= 0.3 is 0 Å². The van der Waals surface area contributed by atoms with Crippen LogP contribution in [-0.2, 0) is 4.79 Å². The zero-order valence-corrected chi connectivity index (χ0v) is 15.0. The van der Waals surface area contributed by atoms with Crippen molar-refractivity contribution in [3.8, 4) is 11.5 Å².